The first kappa shape index (κ1) is 9.44. The van der Waals surface area contributed by atoms with Gasteiger partial charge in [-0.25, -0.2) is 12.8 Å². The van der Waals surface area contributed by atoms with E-state index in [0.29, 0.717) is 0 Å². The number of sulfone groups is 1. The van der Waals surface area contributed by atoms with Crippen molar-refractivity contribution in [2.24, 2.45) is 0 Å². The minimum Gasteiger partial charge on any atom is -0.246 e. The lowest BCUT2D eigenvalue weighted by Gasteiger charge is -2.21. The van der Waals surface area contributed by atoms with Gasteiger partial charge in [0, 0.05) is 0 Å². The van der Waals surface area contributed by atoms with Crippen LogP contribution < -0.4 is 0 Å². The molecule has 4 heteroatoms. The zero-order valence-corrected chi connectivity index (χ0v) is 8.39. The third-order valence-corrected chi connectivity index (χ3v) is 5.83. The van der Waals surface area contributed by atoms with Crippen LogP contribution in [0, 0.1) is 0 Å². The van der Waals surface area contributed by atoms with Gasteiger partial charge in [0.05, 0.1) is 10.5 Å². The fourth-order valence-corrected chi connectivity index (χ4v) is 4.47. The van der Waals surface area contributed by atoms with Gasteiger partial charge in [0.15, 0.2) is 9.84 Å². The maximum atomic E-state index is 12.6. The first-order valence-electron chi connectivity index (χ1n) is 4.99. The van der Waals surface area contributed by atoms with Crippen LogP contribution in [0.15, 0.2) is 0 Å². The predicted octanol–water partition coefficient (Wildman–Crippen LogP) is 1.84. The van der Waals surface area contributed by atoms with Gasteiger partial charge in [-0.3, -0.25) is 0 Å². The minimum atomic E-state index is -3.11. The molecule has 0 heterocycles. The second-order valence-electron chi connectivity index (χ2n) is 4.14. The highest BCUT2D eigenvalue weighted by Gasteiger charge is 2.50. The number of hydrogen-bond donors (Lipinski definition) is 0. The smallest absolute Gasteiger partial charge is 0.158 e. The molecule has 76 valence electrons. The SMILES string of the molecule is O=S(=O)(C1CCCCC1)[C@@H]1C[C@H]1F. The molecule has 2 aliphatic carbocycles. The molecule has 0 aromatic heterocycles. The van der Waals surface area contributed by atoms with E-state index in [4.69, 9.17) is 0 Å². The van der Waals surface area contributed by atoms with Gasteiger partial charge in [-0.1, -0.05) is 19.3 Å². The Balaban J connectivity index is 2.05. The van der Waals surface area contributed by atoms with E-state index in [1.807, 2.05) is 0 Å². The average molecular weight is 206 g/mol. The molecular formula is C9H15FO2S. The van der Waals surface area contributed by atoms with Crippen molar-refractivity contribution in [3.05, 3.63) is 0 Å². The van der Waals surface area contributed by atoms with E-state index < -0.39 is 21.3 Å². The fraction of sp³-hybridized carbons (Fsp3) is 1.00. The lowest BCUT2D eigenvalue weighted by Crippen LogP contribution is -2.28. The molecule has 0 amide bonds. The Bertz CT molecular complexity index is 280. The highest BCUT2D eigenvalue weighted by Crippen LogP contribution is 2.38. The van der Waals surface area contributed by atoms with Crippen LogP contribution in [0.4, 0.5) is 4.39 Å². The highest BCUT2D eigenvalue weighted by molar-refractivity contribution is 7.93. The summed E-state index contributed by atoms with van der Waals surface area (Å²) in [6.45, 7) is 0. The van der Waals surface area contributed by atoms with Crippen LogP contribution in [-0.2, 0) is 9.84 Å². The number of rotatable bonds is 2. The summed E-state index contributed by atoms with van der Waals surface area (Å²) < 4.78 is 36.1. The first-order valence-corrected chi connectivity index (χ1v) is 6.60. The molecule has 0 aromatic carbocycles. The van der Waals surface area contributed by atoms with Crippen molar-refractivity contribution in [2.45, 2.75) is 55.2 Å². The van der Waals surface area contributed by atoms with Gasteiger partial charge in [0.1, 0.15) is 6.17 Å². The van der Waals surface area contributed by atoms with Crippen LogP contribution in [0.5, 0.6) is 0 Å². The molecule has 2 saturated carbocycles. The zero-order chi connectivity index (χ0) is 9.47. The van der Waals surface area contributed by atoms with E-state index in [1.54, 1.807) is 0 Å². The van der Waals surface area contributed by atoms with Gasteiger partial charge in [-0.05, 0) is 19.3 Å². The van der Waals surface area contributed by atoms with Crippen molar-refractivity contribution in [3.63, 3.8) is 0 Å². The maximum Gasteiger partial charge on any atom is 0.158 e. The molecular weight excluding hydrogens is 191 g/mol. The Morgan fingerprint density at radius 1 is 1.08 bits per heavy atom. The Morgan fingerprint density at radius 2 is 1.62 bits per heavy atom. The summed E-state index contributed by atoms with van der Waals surface area (Å²) in [6.07, 6.45) is 3.82. The summed E-state index contributed by atoms with van der Waals surface area (Å²) in [6, 6.07) is 0. The van der Waals surface area contributed by atoms with Gasteiger partial charge in [0.2, 0.25) is 0 Å². The molecule has 0 radical (unpaired) electrons. The lowest BCUT2D eigenvalue weighted by molar-refractivity contribution is 0.463. The largest absolute Gasteiger partial charge is 0.246 e. The molecule has 2 nitrogen and oxygen atoms in total. The van der Waals surface area contributed by atoms with Crippen molar-refractivity contribution in [2.75, 3.05) is 0 Å². The third-order valence-electron chi connectivity index (χ3n) is 3.10. The van der Waals surface area contributed by atoms with Crippen molar-refractivity contribution in [1.82, 2.24) is 0 Å². The average Bonchev–Trinajstić information content (AvgIpc) is 2.85. The summed E-state index contributed by atoms with van der Waals surface area (Å²) in [5, 5.41) is -0.873. The second kappa shape index (κ2) is 3.23. The van der Waals surface area contributed by atoms with E-state index in [0.717, 1.165) is 32.1 Å². The molecule has 2 rings (SSSR count). The van der Waals surface area contributed by atoms with Crippen LogP contribution in [0.2, 0.25) is 0 Å². The predicted molar refractivity (Wildman–Crippen MR) is 49.1 cm³/mol. The maximum absolute atomic E-state index is 12.6. The molecule has 0 saturated heterocycles. The van der Waals surface area contributed by atoms with E-state index in [2.05, 4.69) is 0 Å². The highest BCUT2D eigenvalue weighted by atomic mass is 32.2. The van der Waals surface area contributed by atoms with Crippen LogP contribution in [0.25, 0.3) is 0 Å². The number of halogens is 1. The van der Waals surface area contributed by atoms with Gasteiger partial charge >= 0.3 is 0 Å². The normalized spacial score (nSPS) is 36.1. The standard InChI is InChI=1S/C9H15FO2S/c10-8-6-9(8)13(11,12)7-4-2-1-3-5-7/h7-9H,1-6H2/t8-,9-/m1/s1. The second-order valence-corrected chi connectivity index (χ2v) is 6.59. The van der Waals surface area contributed by atoms with Crippen molar-refractivity contribution in [3.8, 4) is 0 Å². The Labute approximate surface area is 78.4 Å². The van der Waals surface area contributed by atoms with Gasteiger partial charge in [-0.2, -0.15) is 0 Å². The number of hydrogen-bond acceptors (Lipinski definition) is 2. The zero-order valence-electron chi connectivity index (χ0n) is 7.58. The van der Waals surface area contributed by atoms with Crippen molar-refractivity contribution in [1.29, 1.82) is 0 Å². The molecule has 2 fully saturated rings. The van der Waals surface area contributed by atoms with Crippen molar-refractivity contribution >= 4 is 9.84 Å². The first-order chi connectivity index (χ1) is 6.12. The topological polar surface area (TPSA) is 34.1 Å². The van der Waals surface area contributed by atoms with Gasteiger partial charge in [0.25, 0.3) is 0 Å². The van der Waals surface area contributed by atoms with Crippen LogP contribution >= 0.6 is 0 Å². The quantitative estimate of drug-likeness (QED) is 0.691. The van der Waals surface area contributed by atoms with Crippen LogP contribution in [0.1, 0.15) is 38.5 Å². The van der Waals surface area contributed by atoms with Crippen LogP contribution in [0.3, 0.4) is 0 Å². The van der Waals surface area contributed by atoms with E-state index >= 15 is 0 Å². The molecule has 0 N–H and O–H groups in total. The third kappa shape index (κ3) is 1.73. The molecule has 2 aliphatic rings. The van der Waals surface area contributed by atoms with Gasteiger partial charge < -0.3 is 0 Å². The van der Waals surface area contributed by atoms with Crippen LogP contribution in [-0.4, -0.2) is 25.1 Å². The molecule has 13 heavy (non-hydrogen) atoms. The minimum absolute atomic E-state index is 0.230. The van der Waals surface area contributed by atoms with Crippen molar-refractivity contribution < 1.29 is 12.8 Å². The lowest BCUT2D eigenvalue weighted by atomic mass is 10.0. The van der Waals surface area contributed by atoms with E-state index in [9.17, 15) is 12.8 Å². The summed E-state index contributed by atoms with van der Waals surface area (Å²) in [7, 11) is -3.11. The summed E-state index contributed by atoms with van der Waals surface area (Å²) in [5.74, 6) is 0. The summed E-state index contributed by atoms with van der Waals surface area (Å²) >= 11 is 0. The molecule has 0 aromatic rings. The molecule has 2 atom stereocenters. The Hall–Kier alpha value is -0.120. The Kier molecular flexibility index (Phi) is 2.34. The summed E-state index contributed by atoms with van der Waals surface area (Å²) in [4.78, 5) is 0. The summed E-state index contributed by atoms with van der Waals surface area (Å²) in [5.41, 5.74) is 0. The molecule has 0 aliphatic heterocycles. The van der Waals surface area contributed by atoms with E-state index in [-0.39, 0.29) is 11.7 Å². The monoisotopic (exact) mass is 206 g/mol. The molecule has 0 unspecified atom stereocenters. The molecule has 0 spiro atoms. The number of alkyl halides is 1. The van der Waals surface area contributed by atoms with Gasteiger partial charge in [-0.15, -0.1) is 0 Å². The Morgan fingerprint density at radius 3 is 2.08 bits per heavy atom. The van der Waals surface area contributed by atoms with E-state index in [1.165, 1.54) is 0 Å². The fourth-order valence-electron chi connectivity index (χ4n) is 2.12. The molecule has 0 bridgehead atoms.